The molecule has 1 heterocycles. The van der Waals surface area contributed by atoms with Crippen molar-refractivity contribution in [3.05, 3.63) is 0 Å². The highest BCUT2D eigenvalue weighted by Gasteiger charge is 2.65. The molecule has 1 aliphatic carbocycles. The van der Waals surface area contributed by atoms with Gasteiger partial charge in [0.05, 0.1) is 6.61 Å². The molecule has 2 rings (SSSR count). The first-order valence-electron chi connectivity index (χ1n) is 4.61. The molecule has 0 aromatic carbocycles. The molecular weight excluding hydrogens is 190 g/mol. The fourth-order valence-electron chi connectivity index (χ4n) is 2.02. The summed E-state index contributed by atoms with van der Waals surface area (Å²) < 4.78 is 5.31. The summed E-state index contributed by atoms with van der Waals surface area (Å²) in [5.41, 5.74) is 4.62. The molecule has 6 atom stereocenters. The van der Waals surface area contributed by atoms with Crippen LogP contribution in [0.3, 0.4) is 0 Å². The molecule has 0 unspecified atom stereocenters. The van der Waals surface area contributed by atoms with Gasteiger partial charge in [0, 0.05) is 6.04 Å². The van der Waals surface area contributed by atoms with Crippen LogP contribution in [0.5, 0.6) is 0 Å². The van der Waals surface area contributed by atoms with Crippen molar-refractivity contribution >= 4 is 0 Å². The van der Waals surface area contributed by atoms with Crippen LogP contribution in [0.1, 0.15) is 6.42 Å². The lowest BCUT2D eigenvalue weighted by atomic mass is 9.93. The van der Waals surface area contributed by atoms with Crippen molar-refractivity contribution in [2.24, 2.45) is 5.73 Å². The van der Waals surface area contributed by atoms with E-state index in [1.54, 1.807) is 0 Å². The molecule has 6 nitrogen and oxygen atoms in total. The highest BCUT2D eigenvalue weighted by molar-refractivity contribution is 5.19. The summed E-state index contributed by atoms with van der Waals surface area (Å²) in [5, 5.41) is 37.4. The lowest BCUT2D eigenvalue weighted by Crippen LogP contribution is -2.61. The molecule has 82 valence electrons. The SMILES string of the molecule is N[C@H]1C[C@]12O[C@H](CO)[C@H](O)[C@H](O)[C@H]2O. The number of nitrogens with two attached hydrogens (primary N) is 1. The van der Waals surface area contributed by atoms with Gasteiger partial charge in [0.1, 0.15) is 30.0 Å². The van der Waals surface area contributed by atoms with E-state index >= 15 is 0 Å². The van der Waals surface area contributed by atoms with Gasteiger partial charge in [-0.15, -0.1) is 0 Å². The summed E-state index contributed by atoms with van der Waals surface area (Å²) in [7, 11) is 0. The fraction of sp³-hybridized carbons (Fsp3) is 1.00. The van der Waals surface area contributed by atoms with E-state index in [0.29, 0.717) is 6.42 Å². The number of aliphatic hydroxyl groups excluding tert-OH is 4. The summed E-state index contributed by atoms with van der Waals surface area (Å²) in [6.07, 6.45) is -4.20. The average Bonchev–Trinajstić information content (AvgIpc) is 2.81. The normalized spacial score (nSPS) is 57.6. The predicted molar refractivity (Wildman–Crippen MR) is 45.3 cm³/mol. The summed E-state index contributed by atoms with van der Waals surface area (Å²) in [5.74, 6) is 0. The Kier molecular flexibility index (Phi) is 2.30. The minimum absolute atomic E-state index is 0.339. The van der Waals surface area contributed by atoms with E-state index in [-0.39, 0.29) is 6.04 Å². The maximum atomic E-state index is 9.63. The Morgan fingerprint density at radius 1 is 1.29 bits per heavy atom. The minimum Gasteiger partial charge on any atom is -0.394 e. The third kappa shape index (κ3) is 1.19. The fourth-order valence-corrected chi connectivity index (χ4v) is 2.02. The van der Waals surface area contributed by atoms with E-state index in [1.165, 1.54) is 0 Å². The largest absolute Gasteiger partial charge is 0.394 e. The van der Waals surface area contributed by atoms with Crippen LogP contribution in [0.15, 0.2) is 0 Å². The molecule has 1 aliphatic heterocycles. The van der Waals surface area contributed by atoms with Gasteiger partial charge >= 0.3 is 0 Å². The van der Waals surface area contributed by atoms with Crippen LogP contribution < -0.4 is 5.73 Å². The third-order valence-electron chi connectivity index (χ3n) is 3.11. The molecule has 0 amide bonds. The maximum absolute atomic E-state index is 9.63. The van der Waals surface area contributed by atoms with Gasteiger partial charge in [-0.05, 0) is 6.42 Å². The Labute approximate surface area is 80.9 Å². The molecule has 2 aliphatic rings. The first kappa shape index (κ1) is 10.3. The highest BCUT2D eigenvalue weighted by Crippen LogP contribution is 2.47. The topological polar surface area (TPSA) is 116 Å². The second kappa shape index (κ2) is 3.13. The van der Waals surface area contributed by atoms with Crippen molar-refractivity contribution in [3.8, 4) is 0 Å². The lowest BCUT2D eigenvalue weighted by molar-refractivity contribution is -0.241. The van der Waals surface area contributed by atoms with E-state index in [1.807, 2.05) is 0 Å². The van der Waals surface area contributed by atoms with Gasteiger partial charge in [-0.25, -0.2) is 0 Å². The smallest absolute Gasteiger partial charge is 0.114 e. The lowest BCUT2D eigenvalue weighted by Gasteiger charge is -2.41. The zero-order valence-electron chi connectivity index (χ0n) is 7.58. The van der Waals surface area contributed by atoms with Crippen molar-refractivity contribution in [1.29, 1.82) is 0 Å². The number of aliphatic hydroxyl groups is 4. The molecule has 0 aromatic heterocycles. The van der Waals surface area contributed by atoms with Crippen LogP contribution in [-0.4, -0.2) is 63.1 Å². The van der Waals surface area contributed by atoms with E-state index in [4.69, 9.17) is 15.6 Å². The molecule has 0 aromatic rings. The summed E-state index contributed by atoms with van der Waals surface area (Å²) in [4.78, 5) is 0. The van der Waals surface area contributed by atoms with Gasteiger partial charge < -0.3 is 30.9 Å². The molecule has 14 heavy (non-hydrogen) atoms. The van der Waals surface area contributed by atoms with Gasteiger partial charge in [-0.3, -0.25) is 0 Å². The Hall–Kier alpha value is -0.240. The number of hydrogen-bond donors (Lipinski definition) is 5. The quantitative estimate of drug-likeness (QED) is 0.310. The molecule has 1 saturated carbocycles. The second-order valence-electron chi connectivity index (χ2n) is 4.03. The van der Waals surface area contributed by atoms with E-state index in [0.717, 1.165) is 0 Å². The Morgan fingerprint density at radius 3 is 2.29 bits per heavy atom. The van der Waals surface area contributed by atoms with Crippen LogP contribution >= 0.6 is 0 Å². The third-order valence-corrected chi connectivity index (χ3v) is 3.11. The predicted octanol–water partition coefficient (Wildman–Crippen LogP) is -3.07. The van der Waals surface area contributed by atoms with Crippen molar-refractivity contribution in [2.45, 2.75) is 42.5 Å². The summed E-state index contributed by atoms with van der Waals surface area (Å²) in [6, 6.07) is -0.339. The number of ether oxygens (including phenoxy) is 1. The van der Waals surface area contributed by atoms with Crippen LogP contribution in [0.2, 0.25) is 0 Å². The molecular formula is C8H15NO5. The van der Waals surface area contributed by atoms with Gasteiger partial charge in [0.15, 0.2) is 0 Å². The molecule has 0 bridgehead atoms. The minimum atomic E-state index is -1.31. The van der Waals surface area contributed by atoms with Gasteiger partial charge in [0.2, 0.25) is 0 Å². The van der Waals surface area contributed by atoms with Gasteiger partial charge in [-0.1, -0.05) is 0 Å². The van der Waals surface area contributed by atoms with Gasteiger partial charge in [0.25, 0.3) is 0 Å². The van der Waals surface area contributed by atoms with Crippen LogP contribution in [0.4, 0.5) is 0 Å². The van der Waals surface area contributed by atoms with E-state index < -0.39 is 36.6 Å². The zero-order valence-corrected chi connectivity index (χ0v) is 7.58. The van der Waals surface area contributed by atoms with Crippen molar-refractivity contribution in [1.82, 2.24) is 0 Å². The second-order valence-corrected chi connectivity index (χ2v) is 4.03. The highest BCUT2D eigenvalue weighted by atomic mass is 16.6. The maximum Gasteiger partial charge on any atom is 0.114 e. The summed E-state index contributed by atoms with van der Waals surface area (Å²) >= 11 is 0. The molecule has 1 spiro atoms. The molecule has 6 heteroatoms. The molecule has 1 saturated heterocycles. The van der Waals surface area contributed by atoms with Crippen molar-refractivity contribution in [3.63, 3.8) is 0 Å². The molecule has 6 N–H and O–H groups in total. The molecule has 2 fully saturated rings. The average molecular weight is 205 g/mol. The van der Waals surface area contributed by atoms with Crippen molar-refractivity contribution in [2.75, 3.05) is 6.61 Å². The zero-order chi connectivity index (χ0) is 10.5. The van der Waals surface area contributed by atoms with Crippen molar-refractivity contribution < 1.29 is 25.2 Å². The van der Waals surface area contributed by atoms with E-state index in [2.05, 4.69) is 0 Å². The van der Waals surface area contributed by atoms with E-state index in [9.17, 15) is 15.3 Å². The summed E-state index contributed by atoms with van der Waals surface area (Å²) in [6.45, 7) is -0.403. The first-order valence-corrected chi connectivity index (χ1v) is 4.61. The number of hydrogen-bond acceptors (Lipinski definition) is 6. The Morgan fingerprint density at radius 2 is 1.86 bits per heavy atom. The Balaban J connectivity index is 2.16. The van der Waals surface area contributed by atoms with Crippen LogP contribution in [0, 0.1) is 0 Å². The van der Waals surface area contributed by atoms with Gasteiger partial charge in [-0.2, -0.15) is 0 Å². The Bertz CT molecular complexity index is 236. The first-order chi connectivity index (χ1) is 6.53. The standard InChI is InChI=1S/C8H15NO5/c9-4-1-8(4)7(13)6(12)5(11)3(2-10)14-8/h3-7,10-13H,1-2,9H2/t3-,4+,5+,6+,7-,8+/m1/s1. The monoisotopic (exact) mass is 205 g/mol. The van der Waals surface area contributed by atoms with Crippen LogP contribution in [0.25, 0.3) is 0 Å². The number of rotatable bonds is 1. The molecule has 0 radical (unpaired) electrons. The van der Waals surface area contributed by atoms with Crippen LogP contribution in [-0.2, 0) is 4.74 Å².